The fourth-order valence-corrected chi connectivity index (χ4v) is 5.69. The number of anilines is 1. The summed E-state index contributed by atoms with van der Waals surface area (Å²) in [5, 5.41) is 0. The van der Waals surface area contributed by atoms with Crippen LogP contribution in [0.1, 0.15) is 37.6 Å². The van der Waals surface area contributed by atoms with Crippen molar-refractivity contribution in [3.63, 3.8) is 0 Å². The lowest BCUT2D eigenvalue weighted by Gasteiger charge is -2.34. The van der Waals surface area contributed by atoms with Crippen molar-refractivity contribution >= 4 is 21.7 Å². The number of nitrogens with zero attached hydrogens (tertiary/aromatic N) is 2. The molecule has 1 atom stereocenters. The molecule has 190 valence electrons. The monoisotopic (exact) mass is 514 g/mol. The van der Waals surface area contributed by atoms with Crippen molar-refractivity contribution in [2.24, 2.45) is 5.92 Å². The number of carbonyl (C=O) groups excluding carboxylic acids is 1. The van der Waals surface area contributed by atoms with Gasteiger partial charge in [0.1, 0.15) is 17.4 Å². The van der Waals surface area contributed by atoms with Gasteiger partial charge in [0.25, 0.3) is 21.5 Å². The maximum absolute atomic E-state index is 13.8. The summed E-state index contributed by atoms with van der Waals surface area (Å²) < 4.78 is 46.7. The number of halogens is 1. The largest absolute Gasteiger partial charge is 0.496 e. The lowest BCUT2D eigenvalue weighted by atomic mass is 9.97. The highest BCUT2D eigenvalue weighted by molar-refractivity contribution is 7.90. The van der Waals surface area contributed by atoms with E-state index in [-0.39, 0.29) is 22.7 Å². The molecule has 2 N–H and O–H groups in total. The number of hydrogen-bond donors (Lipinski definition) is 2. The Morgan fingerprint density at radius 1 is 1.25 bits per heavy atom. The van der Waals surface area contributed by atoms with E-state index in [0.717, 1.165) is 12.5 Å². The van der Waals surface area contributed by atoms with Gasteiger partial charge in [0, 0.05) is 29.9 Å². The topological polar surface area (TPSA) is 121 Å². The van der Waals surface area contributed by atoms with Crippen molar-refractivity contribution in [3.05, 3.63) is 70.4 Å². The van der Waals surface area contributed by atoms with Crippen molar-refractivity contribution in [2.75, 3.05) is 18.6 Å². The fourth-order valence-electron chi connectivity index (χ4n) is 4.67. The van der Waals surface area contributed by atoms with Crippen LogP contribution in [0.3, 0.4) is 0 Å². The van der Waals surface area contributed by atoms with Crippen LogP contribution in [0.5, 0.6) is 5.75 Å². The van der Waals surface area contributed by atoms with Crippen LogP contribution in [-0.4, -0.2) is 43.5 Å². The Morgan fingerprint density at radius 3 is 2.64 bits per heavy atom. The van der Waals surface area contributed by atoms with Crippen molar-refractivity contribution in [3.8, 4) is 17.0 Å². The van der Waals surface area contributed by atoms with Crippen molar-refractivity contribution < 1.29 is 22.3 Å². The number of amides is 1. The number of pyridine rings is 2. The first-order chi connectivity index (χ1) is 16.9. The van der Waals surface area contributed by atoms with E-state index < -0.39 is 32.2 Å². The first-order valence-electron chi connectivity index (χ1n) is 11.3. The van der Waals surface area contributed by atoms with E-state index in [1.54, 1.807) is 6.07 Å². The van der Waals surface area contributed by atoms with Gasteiger partial charge >= 0.3 is 0 Å². The minimum atomic E-state index is -4.45. The zero-order valence-electron chi connectivity index (χ0n) is 20.3. The van der Waals surface area contributed by atoms with Crippen LogP contribution in [0.2, 0.25) is 0 Å². The van der Waals surface area contributed by atoms with Crippen LogP contribution < -0.4 is 19.9 Å². The Morgan fingerprint density at radius 2 is 2.00 bits per heavy atom. The van der Waals surface area contributed by atoms with Crippen LogP contribution in [0.15, 0.2) is 58.4 Å². The number of ether oxygens (including phenoxy) is 1. The molecule has 1 saturated heterocycles. The highest BCUT2D eigenvalue weighted by atomic mass is 32.2. The number of H-pyrrole nitrogens is 1. The van der Waals surface area contributed by atoms with Gasteiger partial charge in [-0.2, -0.15) is 0 Å². The molecule has 0 aliphatic carbocycles. The summed E-state index contributed by atoms with van der Waals surface area (Å²) >= 11 is 0. The first kappa shape index (κ1) is 25.4. The molecule has 11 heteroatoms. The number of rotatable bonds is 6. The molecule has 1 aliphatic rings. The summed E-state index contributed by atoms with van der Waals surface area (Å²) in [7, 11) is -3.03. The van der Waals surface area contributed by atoms with E-state index in [1.165, 1.54) is 43.6 Å². The van der Waals surface area contributed by atoms with Crippen molar-refractivity contribution in [1.29, 1.82) is 0 Å². The SMILES string of the molecule is COc1cc(F)ccc1-c1ccc(C(=O)NS(=O)(=O)c2ccc[nH]c2=O)c(N2C[C@@H](C)CC2(C)C)n1. The summed E-state index contributed by atoms with van der Waals surface area (Å²) in [6, 6.07) is 9.54. The molecule has 4 rings (SSSR count). The van der Waals surface area contributed by atoms with Crippen LogP contribution in [0.4, 0.5) is 10.2 Å². The number of nitrogens with one attached hydrogen (secondary N) is 2. The summed E-state index contributed by atoms with van der Waals surface area (Å²) in [4.78, 5) is 33.7. The third kappa shape index (κ3) is 4.83. The van der Waals surface area contributed by atoms with Crippen molar-refractivity contribution in [2.45, 2.75) is 37.6 Å². The molecule has 0 spiro atoms. The minimum absolute atomic E-state index is 0.0259. The van der Waals surface area contributed by atoms with Gasteiger partial charge in [0.15, 0.2) is 4.90 Å². The average Bonchev–Trinajstić information content (AvgIpc) is 3.10. The number of methoxy groups -OCH3 is 1. The third-order valence-corrected chi connectivity index (χ3v) is 7.54. The van der Waals surface area contributed by atoms with Gasteiger partial charge in [-0.25, -0.2) is 22.5 Å². The van der Waals surface area contributed by atoms with E-state index in [2.05, 4.69) is 11.9 Å². The number of carbonyl (C=O) groups is 1. The van der Waals surface area contributed by atoms with Gasteiger partial charge in [0.2, 0.25) is 0 Å². The first-order valence-corrected chi connectivity index (χ1v) is 12.8. The fraction of sp³-hybridized carbons (Fsp3) is 0.320. The predicted molar refractivity (Wildman–Crippen MR) is 133 cm³/mol. The normalized spacial score (nSPS) is 17.1. The molecule has 3 heterocycles. The lowest BCUT2D eigenvalue weighted by Crippen LogP contribution is -2.41. The van der Waals surface area contributed by atoms with Gasteiger partial charge in [-0.15, -0.1) is 0 Å². The van der Waals surface area contributed by atoms with Gasteiger partial charge in [-0.3, -0.25) is 9.59 Å². The number of hydrogen-bond acceptors (Lipinski definition) is 7. The van der Waals surface area contributed by atoms with Gasteiger partial charge < -0.3 is 14.6 Å². The Kier molecular flexibility index (Phi) is 6.61. The van der Waals surface area contributed by atoms with Gasteiger partial charge in [0.05, 0.1) is 18.4 Å². The summed E-state index contributed by atoms with van der Waals surface area (Å²) in [6.07, 6.45) is 2.13. The molecule has 1 fully saturated rings. The highest BCUT2D eigenvalue weighted by Gasteiger charge is 2.39. The Bertz CT molecular complexity index is 1490. The lowest BCUT2D eigenvalue weighted by molar-refractivity contribution is 0.0981. The molecule has 1 aliphatic heterocycles. The van der Waals surface area contributed by atoms with E-state index >= 15 is 0 Å². The van der Waals surface area contributed by atoms with Crippen molar-refractivity contribution in [1.82, 2.24) is 14.7 Å². The Hall–Kier alpha value is -3.73. The molecular formula is C25H27FN4O5S. The Balaban J connectivity index is 1.82. The maximum atomic E-state index is 13.8. The van der Waals surface area contributed by atoms with Crippen LogP contribution in [0.25, 0.3) is 11.3 Å². The third-order valence-electron chi connectivity index (χ3n) is 6.19. The quantitative estimate of drug-likeness (QED) is 0.518. The second-order valence-electron chi connectivity index (χ2n) is 9.44. The van der Waals surface area contributed by atoms with Gasteiger partial charge in [-0.05, 0) is 62.6 Å². The highest BCUT2D eigenvalue weighted by Crippen LogP contribution is 2.39. The second-order valence-corrected chi connectivity index (χ2v) is 11.1. The zero-order chi connectivity index (χ0) is 26.3. The summed E-state index contributed by atoms with van der Waals surface area (Å²) in [5.74, 6) is -0.544. The van der Waals surface area contributed by atoms with E-state index in [9.17, 15) is 22.4 Å². The molecule has 36 heavy (non-hydrogen) atoms. The molecule has 0 radical (unpaired) electrons. The molecular weight excluding hydrogens is 487 g/mol. The smallest absolute Gasteiger partial charge is 0.269 e. The average molecular weight is 515 g/mol. The summed E-state index contributed by atoms with van der Waals surface area (Å²) in [5.41, 5.74) is -0.248. The standard InChI is InChI=1S/C25H27FN4O5S/c1-15-13-25(2,3)30(14-15)22-18(23(31)29-36(33,34)21-6-5-11-27-24(21)32)9-10-19(28-22)17-8-7-16(26)12-20(17)35-4/h5-12,15H,13-14H2,1-4H3,(H,27,32)(H,29,31)/t15-/m0/s1. The maximum Gasteiger partial charge on any atom is 0.269 e. The minimum Gasteiger partial charge on any atom is -0.496 e. The molecule has 1 aromatic carbocycles. The van der Waals surface area contributed by atoms with Crippen LogP contribution >= 0.6 is 0 Å². The summed E-state index contributed by atoms with van der Waals surface area (Å²) in [6.45, 7) is 6.71. The van der Waals surface area contributed by atoms with Gasteiger partial charge in [-0.1, -0.05) is 6.92 Å². The molecule has 0 bridgehead atoms. The molecule has 0 saturated carbocycles. The van der Waals surface area contributed by atoms with E-state index in [4.69, 9.17) is 9.72 Å². The van der Waals surface area contributed by atoms with Crippen LogP contribution in [-0.2, 0) is 10.0 Å². The van der Waals surface area contributed by atoms with Crippen LogP contribution in [0, 0.1) is 11.7 Å². The zero-order valence-corrected chi connectivity index (χ0v) is 21.1. The molecule has 3 aromatic rings. The molecule has 0 unspecified atom stereocenters. The van der Waals surface area contributed by atoms with E-state index in [0.29, 0.717) is 23.7 Å². The van der Waals surface area contributed by atoms with E-state index in [1.807, 2.05) is 23.5 Å². The number of benzene rings is 1. The number of aromatic amines is 1. The molecule has 2 aromatic heterocycles. The molecule has 1 amide bonds. The second kappa shape index (κ2) is 9.38. The molecule has 9 nitrogen and oxygen atoms in total. The predicted octanol–water partition coefficient (Wildman–Crippen LogP) is 3.33. The Labute approximate surface area is 208 Å². The number of aromatic nitrogens is 2. The number of sulfonamides is 1.